The van der Waals surface area contributed by atoms with Crippen molar-refractivity contribution in [2.24, 2.45) is 5.92 Å². The Bertz CT molecular complexity index is 612. The Morgan fingerprint density at radius 2 is 2.33 bits per heavy atom. The molecule has 0 spiro atoms. The van der Waals surface area contributed by atoms with Gasteiger partial charge in [-0.3, -0.25) is 9.36 Å². The summed E-state index contributed by atoms with van der Waals surface area (Å²) in [7, 11) is 0. The molecule has 6 nitrogen and oxygen atoms in total. The number of aliphatic hydroxyl groups excluding tert-OH is 1. The molecule has 1 amide bonds. The molecule has 2 atom stereocenters. The van der Waals surface area contributed by atoms with Crippen molar-refractivity contribution in [3.63, 3.8) is 0 Å². The fourth-order valence-electron chi connectivity index (χ4n) is 2.68. The van der Waals surface area contributed by atoms with Crippen LogP contribution in [0.15, 0.2) is 37.1 Å². The highest BCUT2D eigenvalue weighted by Gasteiger charge is 2.25. The Kier molecular flexibility index (Phi) is 3.96. The van der Waals surface area contributed by atoms with Crippen molar-refractivity contribution < 1.29 is 9.90 Å². The molecule has 3 rings (SSSR count). The van der Waals surface area contributed by atoms with Gasteiger partial charge in [0.2, 0.25) is 0 Å². The second-order valence-corrected chi connectivity index (χ2v) is 5.34. The largest absolute Gasteiger partial charge is 0.393 e. The molecule has 2 N–H and O–H groups in total. The number of imidazole rings is 1. The first kappa shape index (κ1) is 13.8. The molecule has 1 aliphatic rings. The van der Waals surface area contributed by atoms with Gasteiger partial charge >= 0.3 is 0 Å². The number of hydrogen-bond acceptors (Lipinski definition) is 4. The molecule has 1 saturated carbocycles. The molecule has 0 aliphatic heterocycles. The number of rotatable bonds is 4. The molecular formula is C15H18N4O2. The predicted octanol–water partition coefficient (Wildman–Crippen LogP) is 1.16. The maximum Gasteiger partial charge on any atom is 0.251 e. The van der Waals surface area contributed by atoms with Crippen LogP contribution in [0.4, 0.5) is 0 Å². The highest BCUT2D eigenvalue weighted by atomic mass is 16.3. The molecule has 1 aliphatic carbocycles. The van der Waals surface area contributed by atoms with Crippen LogP contribution < -0.4 is 5.32 Å². The summed E-state index contributed by atoms with van der Waals surface area (Å²) < 4.78 is 1.75. The van der Waals surface area contributed by atoms with E-state index in [1.54, 1.807) is 41.6 Å². The fourth-order valence-corrected chi connectivity index (χ4v) is 2.68. The van der Waals surface area contributed by atoms with Gasteiger partial charge in [-0.25, -0.2) is 9.97 Å². The van der Waals surface area contributed by atoms with Crippen molar-refractivity contribution in [3.8, 4) is 5.82 Å². The van der Waals surface area contributed by atoms with Crippen LogP contribution >= 0.6 is 0 Å². The Morgan fingerprint density at radius 3 is 3.05 bits per heavy atom. The number of pyridine rings is 1. The Balaban J connectivity index is 1.66. The minimum absolute atomic E-state index is 0.141. The normalized spacial score (nSPS) is 21.4. The van der Waals surface area contributed by atoms with Crippen molar-refractivity contribution >= 4 is 5.91 Å². The van der Waals surface area contributed by atoms with Crippen LogP contribution in [0.3, 0.4) is 0 Å². The topological polar surface area (TPSA) is 80.0 Å². The van der Waals surface area contributed by atoms with E-state index in [-0.39, 0.29) is 17.9 Å². The number of hydrogen-bond donors (Lipinski definition) is 2. The first-order chi connectivity index (χ1) is 10.2. The Labute approximate surface area is 122 Å². The lowest BCUT2D eigenvalue weighted by Crippen LogP contribution is -2.32. The lowest BCUT2D eigenvalue weighted by atomic mass is 10.1. The van der Waals surface area contributed by atoms with Gasteiger partial charge in [0.1, 0.15) is 12.1 Å². The number of carbonyl (C=O) groups is 1. The maximum absolute atomic E-state index is 12.2. The molecule has 2 aromatic heterocycles. The first-order valence-electron chi connectivity index (χ1n) is 7.14. The van der Waals surface area contributed by atoms with Gasteiger partial charge in [-0.05, 0) is 25.0 Å². The summed E-state index contributed by atoms with van der Waals surface area (Å²) in [6.07, 6.45) is 9.23. The van der Waals surface area contributed by atoms with E-state index >= 15 is 0 Å². The van der Waals surface area contributed by atoms with Crippen LogP contribution in [0.1, 0.15) is 29.6 Å². The van der Waals surface area contributed by atoms with Crippen molar-refractivity contribution in [2.75, 3.05) is 6.54 Å². The van der Waals surface area contributed by atoms with Gasteiger partial charge in [-0.1, -0.05) is 6.42 Å². The lowest BCUT2D eigenvalue weighted by Gasteiger charge is -2.15. The maximum atomic E-state index is 12.2. The summed E-state index contributed by atoms with van der Waals surface area (Å²) in [6, 6.07) is 3.41. The summed E-state index contributed by atoms with van der Waals surface area (Å²) >= 11 is 0. The van der Waals surface area contributed by atoms with Gasteiger partial charge in [0.15, 0.2) is 0 Å². The number of aromatic nitrogens is 3. The highest BCUT2D eigenvalue weighted by Crippen LogP contribution is 2.24. The third kappa shape index (κ3) is 3.11. The van der Waals surface area contributed by atoms with Crippen LogP contribution in [-0.4, -0.2) is 38.2 Å². The quantitative estimate of drug-likeness (QED) is 0.884. The fraction of sp³-hybridized carbons (Fsp3) is 0.400. The molecule has 0 aromatic carbocycles. The third-order valence-corrected chi connectivity index (χ3v) is 3.92. The zero-order valence-electron chi connectivity index (χ0n) is 11.6. The molecule has 0 radical (unpaired) electrons. The van der Waals surface area contributed by atoms with E-state index in [2.05, 4.69) is 15.3 Å². The SMILES string of the molecule is O=C(NCC1CCCC1O)c1ccnc(-n2ccnc2)c1. The molecule has 110 valence electrons. The van der Waals surface area contributed by atoms with Gasteiger partial charge in [0.25, 0.3) is 5.91 Å². The van der Waals surface area contributed by atoms with E-state index < -0.39 is 0 Å². The zero-order chi connectivity index (χ0) is 14.7. The highest BCUT2D eigenvalue weighted by molar-refractivity contribution is 5.94. The number of amides is 1. The van der Waals surface area contributed by atoms with Crippen molar-refractivity contribution in [1.29, 1.82) is 0 Å². The van der Waals surface area contributed by atoms with Crippen LogP contribution in [0.5, 0.6) is 0 Å². The number of carbonyl (C=O) groups excluding carboxylic acids is 1. The van der Waals surface area contributed by atoms with E-state index in [1.807, 2.05) is 0 Å². The molecule has 2 aromatic rings. The van der Waals surface area contributed by atoms with Crippen molar-refractivity contribution in [1.82, 2.24) is 19.9 Å². The monoisotopic (exact) mass is 286 g/mol. The third-order valence-electron chi connectivity index (χ3n) is 3.92. The molecule has 0 bridgehead atoms. The summed E-state index contributed by atoms with van der Waals surface area (Å²) in [6.45, 7) is 0.517. The predicted molar refractivity (Wildman–Crippen MR) is 77.0 cm³/mol. The van der Waals surface area contributed by atoms with Gasteiger partial charge in [0, 0.05) is 36.6 Å². The number of aliphatic hydroxyl groups is 1. The van der Waals surface area contributed by atoms with E-state index in [0.29, 0.717) is 17.9 Å². The molecule has 2 unspecified atom stereocenters. The van der Waals surface area contributed by atoms with Crippen molar-refractivity contribution in [3.05, 3.63) is 42.6 Å². The molecule has 0 saturated heterocycles. The van der Waals surface area contributed by atoms with Gasteiger partial charge < -0.3 is 10.4 Å². The smallest absolute Gasteiger partial charge is 0.251 e. The molecule has 6 heteroatoms. The summed E-state index contributed by atoms with van der Waals surface area (Å²) in [4.78, 5) is 20.4. The van der Waals surface area contributed by atoms with E-state index in [9.17, 15) is 9.90 Å². The van der Waals surface area contributed by atoms with Crippen LogP contribution in [0.2, 0.25) is 0 Å². The second-order valence-electron chi connectivity index (χ2n) is 5.34. The van der Waals surface area contributed by atoms with Gasteiger partial charge in [-0.15, -0.1) is 0 Å². The first-order valence-corrected chi connectivity index (χ1v) is 7.14. The van der Waals surface area contributed by atoms with Crippen LogP contribution in [-0.2, 0) is 0 Å². The summed E-state index contributed by atoms with van der Waals surface area (Å²) in [5, 5.41) is 12.7. The standard InChI is InChI=1S/C15H18N4O2/c20-13-3-1-2-12(13)9-18-15(21)11-4-5-17-14(8-11)19-7-6-16-10-19/h4-8,10,12-13,20H,1-3,9H2,(H,18,21). The minimum atomic E-state index is -0.288. The molecule has 1 fully saturated rings. The average Bonchev–Trinajstić information content (AvgIpc) is 3.16. The van der Waals surface area contributed by atoms with E-state index in [0.717, 1.165) is 19.3 Å². The second kappa shape index (κ2) is 6.05. The van der Waals surface area contributed by atoms with Gasteiger partial charge in [0.05, 0.1) is 6.10 Å². The van der Waals surface area contributed by atoms with Gasteiger partial charge in [-0.2, -0.15) is 0 Å². The van der Waals surface area contributed by atoms with Crippen LogP contribution in [0.25, 0.3) is 5.82 Å². The van der Waals surface area contributed by atoms with E-state index in [1.165, 1.54) is 0 Å². The number of nitrogens with one attached hydrogen (secondary N) is 1. The molecule has 21 heavy (non-hydrogen) atoms. The Morgan fingerprint density at radius 1 is 1.43 bits per heavy atom. The number of nitrogens with zero attached hydrogens (tertiary/aromatic N) is 3. The molecule has 2 heterocycles. The molecular weight excluding hydrogens is 268 g/mol. The lowest BCUT2D eigenvalue weighted by molar-refractivity contribution is 0.0916. The van der Waals surface area contributed by atoms with Crippen molar-refractivity contribution in [2.45, 2.75) is 25.4 Å². The van der Waals surface area contributed by atoms with E-state index in [4.69, 9.17) is 0 Å². The zero-order valence-corrected chi connectivity index (χ0v) is 11.6. The van der Waals surface area contributed by atoms with Crippen LogP contribution in [0, 0.1) is 5.92 Å². The Hall–Kier alpha value is -2.21. The average molecular weight is 286 g/mol. The summed E-state index contributed by atoms with van der Waals surface area (Å²) in [5.41, 5.74) is 0.557. The minimum Gasteiger partial charge on any atom is -0.393 e. The summed E-state index contributed by atoms with van der Waals surface area (Å²) in [5.74, 6) is 0.683.